The fourth-order valence-electron chi connectivity index (χ4n) is 1.51. The predicted octanol–water partition coefficient (Wildman–Crippen LogP) is -1.06. The van der Waals surface area contributed by atoms with Gasteiger partial charge >= 0.3 is 0 Å². The molecule has 1 fully saturated rings. The van der Waals surface area contributed by atoms with Crippen LogP contribution in [0, 0.1) is 0 Å². The van der Waals surface area contributed by atoms with Crippen LogP contribution in [0.25, 0.3) is 0 Å². The van der Waals surface area contributed by atoms with E-state index in [1.807, 2.05) is 0 Å². The first kappa shape index (κ1) is 10.9. The smallest absolute Gasteiger partial charge is 0.0583 e. The standard InChI is InChI=1S/C9H21N3O/c1-11-4-6-12(7-5-11)3-2-9(10)8-13/h9,13H,2-8,10H2,1H3. The van der Waals surface area contributed by atoms with Gasteiger partial charge in [0.1, 0.15) is 0 Å². The van der Waals surface area contributed by atoms with E-state index in [1.54, 1.807) is 0 Å². The lowest BCUT2D eigenvalue weighted by molar-refractivity contribution is 0.145. The molecule has 1 aliphatic heterocycles. The highest BCUT2D eigenvalue weighted by Gasteiger charge is 2.13. The molecule has 1 atom stereocenters. The lowest BCUT2D eigenvalue weighted by Gasteiger charge is -2.32. The summed E-state index contributed by atoms with van der Waals surface area (Å²) in [4.78, 5) is 4.75. The molecule has 0 aromatic heterocycles. The molecule has 13 heavy (non-hydrogen) atoms. The maximum Gasteiger partial charge on any atom is 0.0583 e. The molecule has 0 aromatic carbocycles. The average Bonchev–Trinajstić information content (AvgIpc) is 2.16. The van der Waals surface area contributed by atoms with E-state index >= 15 is 0 Å². The number of aliphatic hydroxyl groups is 1. The van der Waals surface area contributed by atoms with Crippen LogP contribution in [-0.4, -0.2) is 67.3 Å². The van der Waals surface area contributed by atoms with Crippen LogP contribution in [0.2, 0.25) is 0 Å². The molecular formula is C9H21N3O. The second kappa shape index (κ2) is 5.54. The van der Waals surface area contributed by atoms with Gasteiger partial charge in [0.05, 0.1) is 6.61 Å². The molecule has 0 spiro atoms. The summed E-state index contributed by atoms with van der Waals surface area (Å²) in [6.07, 6.45) is 0.903. The van der Waals surface area contributed by atoms with Crippen molar-refractivity contribution in [3.05, 3.63) is 0 Å². The zero-order valence-electron chi connectivity index (χ0n) is 8.45. The quantitative estimate of drug-likeness (QED) is 0.589. The van der Waals surface area contributed by atoms with Gasteiger partial charge < -0.3 is 20.6 Å². The Morgan fingerprint density at radius 2 is 1.92 bits per heavy atom. The molecule has 0 radical (unpaired) electrons. The fourth-order valence-corrected chi connectivity index (χ4v) is 1.51. The molecular weight excluding hydrogens is 166 g/mol. The van der Waals surface area contributed by atoms with Gasteiger partial charge in [0.25, 0.3) is 0 Å². The summed E-state index contributed by atoms with van der Waals surface area (Å²) < 4.78 is 0. The number of nitrogens with zero attached hydrogens (tertiary/aromatic N) is 2. The number of hydrogen-bond donors (Lipinski definition) is 2. The van der Waals surface area contributed by atoms with E-state index in [0.29, 0.717) is 0 Å². The van der Waals surface area contributed by atoms with Gasteiger partial charge in [0.2, 0.25) is 0 Å². The zero-order valence-corrected chi connectivity index (χ0v) is 8.45. The maximum absolute atomic E-state index is 8.75. The molecule has 1 aliphatic rings. The maximum atomic E-state index is 8.75. The van der Waals surface area contributed by atoms with Crippen LogP contribution in [0.4, 0.5) is 0 Å². The summed E-state index contributed by atoms with van der Waals surface area (Å²) >= 11 is 0. The summed E-state index contributed by atoms with van der Waals surface area (Å²) in [6, 6.07) is -0.0420. The molecule has 1 saturated heterocycles. The van der Waals surface area contributed by atoms with Crippen molar-refractivity contribution < 1.29 is 5.11 Å². The van der Waals surface area contributed by atoms with E-state index in [0.717, 1.165) is 39.1 Å². The van der Waals surface area contributed by atoms with Crippen molar-refractivity contribution in [2.75, 3.05) is 46.4 Å². The molecule has 78 valence electrons. The lowest BCUT2D eigenvalue weighted by Crippen LogP contribution is -2.45. The number of piperazine rings is 1. The molecule has 1 heterocycles. The Kier molecular flexibility index (Phi) is 4.66. The van der Waals surface area contributed by atoms with Crippen LogP contribution in [0.15, 0.2) is 0 Å². The van der Waals surface area contributed by atoms with Gasteiger partial charge in [0.15, 0.2) is 0 Å². The SMILES string of the molecule is CN1CCN(CCC(N)CO)CC1. The van der Waals surface area contributed by atoms with Gasteiger partial charge in [-0.15, -0.1) is 0 Å². The Labute approximate surface area is 80.3 Å². The number of aliphatic hydroxyl groups excluding tert-OH is 1. The summed E-state index contributed by atoms with van der Waals surface area (Å²) in [6.45, 7) is 5.69. The normalized spacial score (nSPS) is 23.3. The monoisotopic (exact) mass is 187 g/mol. The van der Waals surface area contributed by atoms with Crippen LogP contribution in [0.1, 0.15) is 6.42 Å². The van der Waals surface area contributed by atoms with Crippen LogP contribution in [0.5, 0.6) is 0 Å². The van der Waals surface area contributed by atoms with Gasteiger partial charge in [-0.25, -0.2) is 0 Å². The minimum absolute atomic E-state index is 0.0420. The molecule has 1 rings (SSSR count). The van der Waals surface area contributed by atoms with Crippen LogP contribution < -0.4 is 5.73 Å². The van der Waals surface area contributed by atoms with Crippen molar-refractivity contribution in [3.8, 4) is 0 Å². The van der Waals surface area contributed by atoms with Crippen molar-refractivity contribution >= 4 is 0 Å². The molecule has 0 aromatic rings. The first-order chi connectivity index (χ1) is 6.22. The highest BCUT2D eigenvalue weighted by Crippen LogP contribution is 2.00. The first-order valence-electron chi connectivity index (χ1n) is 4.99. The second-order valence-electron chi connectivity index (χ2n) is 3.88. The molecule has 0 aliphatic carbocycles. The number of hydrogen-bond acceptors (Lipinski definition) is 4. The van der Waals surface area contributed by atoms with Crippen molar-refractivity contribution in [2.24, 2.45) is 5.73 Å². The largest absolute Gasteiger partial charge is 0.395 e. The van der Waals surface area contributed by atoms with Gasteiger partial charge in [0, 0.05) is 32.2 Å². The average molecular weight is 187 g/mol. The van der Waals surface area contributed by atoms with E-state index < -0.39 is 0 Å². The Morgan fingerprint density at radius 1 is 1.31 bits per heavy atom. The lowest BCUT2D eigenvalue weighted by atomic mass is 10.2. The summed E-state index contributed by atoms with van der Waals surface area (Å²) in [7, 11) is 2.15. The van der Waals surface area contributed by atoms with E-state index in [2.05, 4.69) is 16.8 Å². The molecule has 3 N–H and O–H groups in total. The topological polar surface area (TPSA) is 52.7 Å². The minimum Gasteiger partial charge on any atom is -0.395 e. The van der Waals surface area contributed by atoms with Gasteiger partial charge in [-0.05, 0) is 20.0 Å². The van der Waals surface area contributed by atoms with Crippen LogP contribution >= 0.6 is 0 Å². The first-order valence-corrected chi connectivity index (χ1v) is 4.99. The molecule has 1 unspecified atom stereocenters. The summed E-state index contributed by atoms with van der Waals surface area (Å²) in [5, 5.41) is 8.75. The highest BCUT2D eigenvalue weighted by atomic mass is 16.3. The fraction of sp³-hybridized carbons (Fsp3) is 1.00. The third kappa shape index (κ3) is 4.04. The molecule has 0 bridgehead atoms. The highest BCUT2D eigenvalue weighted by molar-refractivity contribution is 4.71. The van der Waals surface area contributed by atoms with Crippen LogP contribution in [-0.2, 0) is 0 Å². The third-order valence-electron chi connectivity index (χ3n) is 2.65. The van der Waals surface area contributed by atoms with E-state index in [4.69, 9.17) is 10.8 Å². The van der Waals surface area contributed by atoms with E-state index in [1.165, 1.54) is 0 Å². The number of likely N-dealkylation sites (N-methyl/N-ethyl adjacent to an activating group) is 1. The molecule has 4 nitrogen and oxygen atoms in total. The molecule has 0 amide bonds. The van der Waals surface area contributed by atoms with Crippen molar-refractivity contribution in [2.45, 2.75) is 12.5 Å². The van der Waals surface area contributed by atoms with Crippen molar-refractivity contribution in [1.82, 2.24) is 9.80 Å². The van der Waals surface area contributed by atoms with E-state index in [-0.39, 0.29) is 12.6 Å². The molecule has 0 saturated carbocycles. The third-order valence-corrected chi connectivity index (χ3v) is 2.65. The Hall–Kier alpha value is -0.160. The Balaban J connectivity index is 2.08. The van der Waals surface area contributed by atoms with Crippen LogP contribution in [0.3, 0.4) is 0 Å². The molecule has 4 heteroatoms. The summed E-state index contributed by atoms with van der Waals surface area (Å²) in [5.74, 6) is 0. The van der Waals surface area contributed by atoms with E-state index in [9.17, 15) is 0 Å². The minimum atomic E-state index is -0.0420. The second-order valence-corrected chi connectivity index (χ2v) is 3.88. The Morgan fingerprint density at radius 3 is 2.46 bits per heavy atom. The number of nitrogens with two attached hydrogens (primary N) is 1. The van der Waals surface area contributed by atoms with Crippen molar-refractivity contribution in [1.29, 1.82) is 0 Å². The van der Waals surface area contributed by atoms with Crippen molar-refractivity contribution in [3.63, 3.8) is 0 Å². The number of rotatable bonds is 4. The van der Waals surface area contributed by atoms with Gasteiger partial charge in [-0.2, -0.15) is 0 Å². The Bertz CT molecular complexity index is 135. The predicted molar refractivity (Wildman–Crippen MR) is 53.6 cm³/mol. The summed E-state index contributed by atoms with van der Waals surface area (Å²) in [5.41, 5.74) is 5.63. The van der Waals surface area contributed by atoms with Gasteiger partial charge in [-0.1, -0.05) is 0 Å². The zero-order chi connectivity index (χ0) is 9.68. The van der Waals surface area contributed by atoms with Gasteiger partial charge in [-0.3, -0.25) is 0 Å².